The van der Waals surface area contributed by atoms with Gasteiger partial charge in [0, 0.05) is 4.47 Å². The van der Waals surface area contributed by atoms with Crippen LogP contribution in [0.25, 0.3) is 10.2 Å². The Balaban J connectivity index is 2.23. The SMILES string of the molecule is FC(F)CNc1nc2ccc(Br)cc2s1. The first kappa shape index (κ1) is 10.8. The standard InChI is InChI=1S/C9H7BrF2N2S/c10-5-1-2-6-7(3-5)15-9(14-6)13-4-8(11)12/h1-3,8H,4H2,(H,13,14). The van der Waals surface area contributed by atoms with E-state index < -0.39 is 6.43 Å². The van der Waals surface area contributed by atoms with Gasteiger partial charge in [0.1, 0.15) is 0 Å². The second kappa shape index (κ2) is 4.40. The highest BCUT2D eigenvalue weighted by atomic mass is 79.9. The summed E-state index contributed by atoms with van der Waals surface area (Å²) < 4.78 is 25.8. The molecule has 1 N–H and O–H groups in total. The largest absolute Gasteiger partial charge is 0.356 e. The fourth-order valence-electron chi connectivity index (χ4n) is 1.14. The molecule has 0 fully saturated rings. The first-order valence-corrected chi connectivity index (χ1v) is 5.84. The minimum absolute atomic E-state index is 0.360. The summed E-state index contributed by atoms with van der Waals surface area (Å²) in [6, 6.07) is 5.64. The molecule has 6 heteroatoms. The number of thiazole rings is 1. The molecule has 2 rings (SSSR count). The number of halogens is 3. The van der Waals surface area contributed by atoms with Gasteiger partial charge < -0.3 is 5.32 Å². The van der Waals surface area contributed by atoms with E-state index in [1.807, 2.05) is 18.2 Å². The quantitative estimate of drug-likeness (QED) is 0.932. The zero-order valence-corrected chi connectivity index (χ0v) is 9.91. The van der Waals surface area contributed by atoms with E-state index in [9.17, 15) is 8.78 Å². The average Bonchev–Trinajstić information content (AvgIpc) is 2.56. The summed E-state index contributed by atoms with van der Waals surface area (Å²) in [7, 11) is 0. The van der Waals surface area contributed by atoms with Gasteiger partial charge in [0.05, 0.1) is 16.8 Å². The van der Waals surface area contributed by atoms with E-state index in [0.29, 0.717) is 5.13 Å². The van der Waals surface area contributed by atoms with Crippen LogP contribution in [-0.4, -0.2) is 18.0 Å². The van der Waals surface area contributed by atoms with Gasteiger partial charge in [-0.25, -0.2) is 13.8 Å². The van der Waals surface area contributed by atoms with E-state index in [1.54, 1.807) is 0 Å². The Bertz CT molecular complexity index is 472. The summed E-state index contributed by atoms with van der Waals surface area (Å²) in [6.45, 7) is -0.360. The number of hydrogen-bond acceptors (Lipinski definition) is 3. The number of nitrogens with one attached hydrogen (secondary N) is 1. The molecule has 1 heterocycles. The van der Waals surface area contributed by atoms with Crippen LogP contribution in [0.15, 0.2) is 22.7 Å². The summed E-state index contributed by atoms with van der Waals surface area (Å²) in [6.07, 6.45) is -2.36. The van der Waals surface area contributed by atoms with Crippen molar-refractivity contribution < 1.29 is 8.78 Å². The third-order valence-electron chi connectivity index (χ3n) is 1.76. The van der Waals surface area contributed by atoms with Gasteiger partial charge in [-0.3, -0.25) is 0 Å². The van der Waals surface area contributed by atoms with Crippen molar-refractivity contribution in [2.45, 2.75) is 6.43 Å². The minimum atomic E-state index is -2.36. The van der Waals surface area contributed by atoms with Crippen molar-refractivity contribution >= 4 is 42.6 Å². The zero-order valence-electron chi connectivity index (χ0n) is 7.51. The maximum atomic E-state index is 11.9. The lowest BCUT2D eigenvalue weighted by Crippen LogP contribution is -2.09. The molecule has 0 atom stereocenters. The van der Waals surface area contributed by atoms with E-state index in [2.05, 4.69) is 26.2 Å². The molecule has 0 bridgehead atoms. The van der Waals surface area contributed by atoms with Crippen LogP contribution < -0.4 is 5.32 Å². The Hall–Kier alpha value is -0.750. The third kappa shape index (κ3) is 2.63. The fraction of sp³-hybridized carbons (Fsp3) is 0.222. The summed E-state index contributed by atoms with van der Waals surface area (Å²) in [4.78, 5) is 4.18. The first-order chi connectivity index (χ1) is 7.15. The average molecular weight is 293 g/mol. The fourth-order valence-corrected chi connectivity index (χ4v) is 2.56. The minimum Gasteiger partial charge on any atom is -0.356 e. The lowest BCUT2D eigenvalue weighted by atomic mass is 10.3. The summed E-state index contributed by atoms with van der Waals surface area (Å²) in [5.41, 5.74) is 0.819. The van der Waals surface area contributed by atoms with Gasteiger partial charge in [-0.2, -0.15) is 0 Å². The van der Waals surface area contributed by atoms with E-state index >= 15 is 0 Å². The first-order valence-electron chi connectivity index (χ1n) is 4.23. The molecule has 0 aliphatic carbocycles. The Morgan fingerprint density at radius 2 is 2.27 bits per heavy atom. The van der Waals surface area contributed by atoms with Crippen molar-refractivity contribution in [2.24, 2.45) is 0 Å². The van der Waals surface area contributed by atoms with E-state index in [4.69, 9.17) is 0 Å². The molecular weight excluding hydrogens is 286 g/mol. The molecular formula is C9H7BrF2N2S. The maximum Gasteiger partial charge on any atom is 0.255 e. The van der Waals surface area contributed by atoms with Crippen LogP contribution in [0.5, 0.6) is 0 Å². The topological polar surface area (TPSA) is 24.9 Å². The Morgan fingerprint density at radius 3 is 3.00 bits per heavy atom. The molecule has 1 aromatic heterocycles. The molecule has 0 aliphatic rings. The molecule has 2 aromatic rings. The second-order valence-corrected chi connectivity index (χ2v) is 4.85. The summed E-state index contributed by atoms with van der Waals surface area (Å²) >= 11 is 4.71. The molecule has 1 aromatic carbocycles. The molecule has 0 spiro atoms. The van der Waals surface area contributed by atoms with Crippen LogP contribution >= 0.6 is 27.3 Å². The monoisotopic (exact) mass is 292 g/mol. The number of alkyl halides is 2. The molecule has 0 amide bonds. The predicted octanol–water partition coefficient (Wildman–Crippen LogP) is 3.74. The van der Waals surface area contributed by atoms with Gasteiger partial charge in [-0.15, -0.1) is 0 Å². The van der Waals surface area contributed by atoms with Gasteiger partial charge >= 0.3 is 0 Å². The maximum absolute atomic E-state index is 11.9. The number of rotatable bonds is 3. The number of anilines is 1. The molecule has 80 valence electrons. The lowest BCUT2D eigenvalue weighted by molar-refractivity contribution is 0.163. The molecule has 0 aliphatic heterocycles. The molecule has 0 unspecified atom stereocenters. The Labute approximate surface area is 97.5 Å². The van der Waals surface area contributed by atoms with Crippen molar-refractivity contribution in [1.29, 1.82) is 0 Å². The van der Waals surface area contributed by atoms with Crippen LogP contribution in [0.3, 0.4) is 0 Å². The van der Waals surface area contributed by atoms with Crippen LogP contribution in [-0.2, 0) is 0 Å². The van der Waals surface area contributed by atoms with Crippen LogP contribution in [0, 0.1) is 0 Å². The van der Waals surface area contributed by atoms with Crippen molar-refractivity contribution in [3.63, 3.8) is 0 Å². The number of fused-ring (bicyclic) bond motifs is 1. The van der Waals surface area contributed by atoms with Crippen LogP contribution in [0.1, 0.15) is 0 Å². The Kier molecular flexibility index (Phi) is 3.16. The predicted molar refractivity (Wildman–Crippen MR) is 61.8 cm³/mol. The van der Waals surface area contributed by atoms with Crippen molar-refractivity contribution in [2.75, 3.05) is 11.9 Å². The van der Waals surface area contributed by atoms with Gasteiger partial charge in [0.15, 0.2) is 5.13 Å². The van der Waals surface area contributed by atoms with Crippen LogP contribution in [0.2, 0.25) is 0 Å². The summed E-state index contributed by atoms with van der Waals surface area (Å²) in [5, 5.41) is 3.13. The normalized spacial score (nSPS) is 11.2. The molecule has 0 saturated carbocycles. The van der Waals surface area contributed by atoms with Crippen LogP contribution in [0.4, 0.5) is 13.9 Å². The number of aromatic nitrogens is 1. The highest BCUT2D eigenvalue weighted by Gasteiger charge is 2.06. The molecule has 0 saturated heterocycles. The summed E-state index contributed by atoms with van der Waals surface area (Å²) in [5.74, 6) is 0. The number of benzene rings is 1. The number of hydrogen-bond donors (Lipinski definition) is 1. The number of nitrogens with zero attached hydrogens (tertiary/aromatic N) is 1. The van der Waals surface area contributed by atoms with E-state index in [0.717, 1.165) is 14.7 Å². The second-order valence-electron chi connectivity index (χ2n) is 2.90. The third-order valence-corrected chi connectivity index (χ3v) is 3.23. The molecule has 15 heavy (non-hydrogen) atoms. The molecule has 0 radical (unpaired) electrons. The smallest absolute Gasteiger partial charge is 0.255 e. The van der Waals surface area contributed by atoms with E-state index in [-0.39, 0.29) is 6.54 Å². The van der Waals surface area contributed by atoms with Crippen molar-refractivity contribution in [3.8, 4) is 0 Å². The van der Waals surface area contributed by atoms with Crippen molar-refractivity contribution in [3.05, 3.63) is 22.7 Å². The van der Waals surface area contributed by atoms with Gasteiger partial charge in [0.2, 0.25) is 0 Å². The zero-order chi connectivity index (χ0) is 10.8. The molecule has 2 nitrogen and oxygen atoms in total. The lowest BCUT2D eigenvalue weighted by Gasteiger charge is -1.98. The van der Waals surface area contributed by atoms with E-state index in [1.165, 1.54) is 11.3 Å². The van der Waals surface area contributed by atoms with Gasteiger partial charge in [-0.1, -0.05) is 27.3 Å². The Morgan fingerprint density at radius 1 is 1.47 bits per heavy atom. The van der Waals surface area contributed by atoms with Crippen molar-refractivity contribution in [1.82, 2.24) is 4.98 Å². The van der Waals surface area contributed by atoms with Gasteiger partial charge in [-0.05, 0) is 18.2 Å². The van der Waals surface area contributed by atoms with Gasteiger partial charge in [0.25, 0.3) is 6.43 Å². The highest BCUT2D eigenvalue weighted by Crippen LogP contribution is 2.28. The highest BCUT2D eigenvalue weighted by molar-refractivity contribution is 9.10.